The Morgan fingerprint density at radius 2 is 1.81 bits per heavy atom. The molecule has 1 aliphatic heterocycles. The third kappa shape index (κ3) is 5.89. The number of rotatable bonds is 8. The van der Waals surface area contributed by atoms with Crippen LogP contribution in [0.25, 0.3) is 11.5 Å². The Hall–Kier alpha value is -2.84. The van der Waals surface area contributed by atoms with Crippen molar-refractivity contribution in [3.05, 3.63) is 66.1 Å². The van der Waals surface area contributed by atoms with Crippen molar-refractivity contribution in [3.63, 3.8) is 0 Å². The average molecular weight is 453 g/mol. The van der Waals surface area contributed by atoms with Crippen molar-refractivity contribution >= 4 is 16.7 Å². The third-order valence-electron chi connectivity index (χ3n) is 5.85. The van der Waals surface area contributed by atoms with Crippen molar-refractivity contribution in [2.75, 3.05) is 25.9 Å². The van der Waals surface area contributed by atoms with Gasteiger partial charge in [-0.05, 0) is 68.1 Å². The second-order valence-corrected chi connectivity index (χ2v) is 9.52. The second-order valence-electron chi connectivity index (χ2n) is 8.14. The molecule has 7 nitrogen and oxygen atoms in total. The average Bonchev–Trinajstić information content (AvgIpc) is 3.31. The molecular weight excluding hydrogens is 424 g/mol. The van der Waals surface area contributed by atoms with Gasteiger partial charge in [0, 0.05) is 40.6 Å². The number of amides is 1. The molecule has 1 saturated heterocycles. The van der Waals surface area contributed by atoms with E-state index in [4.69, 9.17) is 4.42 Å². The quantitative estimate of drug-likeness (QED) is 0.563. The fraction of sp³-hybridized carbons (Fsp3) is 0.375. The van der Waals surface area contributed by atoms with Crippen LogP contribution >= 0.6 is 0 Å². The third-order valence-corrected chi connectivity index (χ3v) is 6.78. The molecule has 1 N–H and O–H groups in total. The van der Waals surface area contributed by atoms with Gasteiger partial charge in [0.25, 0.3) is 0 Å². The lowest BCUT2D eigenvalue weighted by atomic mass is 9.93. The number of benzene rings is 2. The summed E-state index contributed by atoms with van der Waals surface area (Å²) in [5.41, 5.74) is 2.04. The molecule has 0 radical (unpaired) electrons. The fourth-order valence-electron chi connectivity index (χ4n) is 3.96. The van der Waals surface area contributed by atoms with Crippen LogP contribution in [0.4, 0.5) is 0 Å². The summed E-state index contributed by atoms with van der Waals surface area (Å²) in [5.74, 6) is 0.495. The van der Waals surface area contributed by atoms with Gasteiger partial charge in [0.05, 0.1) is 0 Å². The van der Waals surface area contributed by atoms with Gasteiger partial charge in [-0.2, -0.15) is 0 Å². The van der Waals surface area contributed by atoms with E-state index in [1.165, 1.54) is 5.56 Å². The Bertz CT molecular complexity index is 1040. The highest BCUT2D eigenvalue weighted by Gasteiger charge is 2.20. The van der Waals surface area contributed by atoms with E-state index in [1.807, 2.05) is 6.07 Å². The van der Waals surface area contributed by atoms with E-state index >= 15 is 0 Å². The molecule has 2 heterocycles. The molecule has 1 amide bonds. The molecule has 32 heavy (non-hydrogen) atoms. The van der Waals surface area contributed by atoms with E-state index in [2.05, 4.69) is 44.7 Å². The number of carbonyl (C=O) groups is 1. The van der Waals surface area contributed by atoms with Crippen LogP contribution in [0.2, 0.25) is 0 Å². The van der Waals surface area contributed by atoms with Crippen molar-refractivity contribution in [3.8, 4) is 11.5 Å². The Morgan fingerprint density at radius 1 is 1.09 bits per heavy atom. The van der Waals surface area contributed by atoms with Gasteiger partial charge < -0.3 is 9.73 Å². The molecule has 168 valence electrons. The minimum Gasteiger partial charge on any atom is -0.412 e. The molecule has 1 aliphatic rings. The van der Waals surface area contributed by atoms with E-state index in [-0.39, 0.29) is 17.7 Å². The molecule has 0 aliphatic carbocycles. The summed E-state index contributed by atoms with van der Waals surface area (Å²) in [6.07, 6.45) is 4.86. The summed E-state index contributed by atoms with van der Waals surface area (Å²) in [4.78, 5) is 15.6. The zero-order valence-corrected chi connectivity index (χ0v) is 19.0. The second kappa shape index (κ2) is 10.7. The monoisotopic (exact) mass is 452 g/mol. The number of hydrogen-bond acceptors (Lipinski definition) is 6. The highest BCUT2D eigenvalue weighted by atomic mass is 32.2. The molecule has 1 atom stereocenters. The summed E-state index contributed by atoms with van der Waals surface area (Å²) in [6, 6.07) is 17.6. The van der Waals surface area contributed by atoms with Crippen LogP contribution in [0.15, 0.2) is 63.9 Å². The lowest BCUT2D eigenvalue weighted by molar-refractivity contribution is 0.0913. The van der Waals surface area contributed by atoms with Gasteiger partial charge in [0.2, 0.25) is 5.89 Å². The first kappa shape index (κ1) is 22.4. The molecule has 2 aromatic carbocycles. The summed E-state index contributed by atoms with van der Waals surface area (Å²) in [7, 11) is -1.05. The topological polar surface area (TPSA) is 88.3 Å². The first-order valence-corrected chi connectivity index (χ1v) is 12.5. The van der Waals surface area contributed by atoms with Crippen LogP contribution in [-0.4, -0.2) is 51.1 Å². The molecule has 8 heteroatoms. The van der Waals surface area contributed by atoms with E-state index in [0.717, 1.165) is 43.8 Å². The van der Waals surface area contributed by atoms with Crippen molar-refractivity contribution in [2.45, 2.75) is 30.7 Å². The Kier molecular flexibility index (Phi) is 7.44. The first-order valence-electron chi connectivity index (χ1n) is 10.9. The highest BCUT2D eigenvalue weighted by molar-refractivity contribution is 7.84. The van der Waals surface area contributed by atoms with Gasteiger partial charge >= 0.3 is 11.8 Å². The molecule has 3 aromatic rings. The molecule has 0 spiro atoms. The molecule has 1 fully saturated rings. The van der Waals surface area contributed by atoms with Gasteiger partial charge in [0.15, 0.2) is 0 Å². The predicted octanol–water partition coefficient (Wildman–Crippen LogP) is 3.51. The Balaban J connectivity index is 1.20. The summed E-state index contributed by atoms with van der Waals surface area (Å²) >= 11 is 0. The smallest absolute Gasteiger partial charge is 0.308 e. The number of likely N-dealkylation sites (tertiary alicyclic amines) is 1. The molecule has 0 saturated carbocycles. The van der Waals surface area contributed by atoms with E-state index in [1.54, 1.807) is 30.5 Å². The van der Waals surface area contributed by atoms with Crippen LogP contribution in [0, 0.1) is 5.92 Å². The largest absolute Gasteiger partial charge is 0.412 e. The number of nitrogens with zero attached hydrogens (tertiary/aromatic N) is 3. The number of nitrogens with one attached hydrogen (secondary N) is 1. The predicted molar refractivity (Wildman–Crippen MR) is 123 cm³/mol. The zero-order chi connectivity index (χ0) is 22.3. The lowest BCUT2D eigenvalue weighted by Crippen LogP contribution is -2.34. The highest BCUT2D eigenvalue weighted by Crippen LogP contribution is 2.22. The lowest BCUT2D eigenvalue weighted by Gasteiger charge is -2.32. The van der Waals surface area contributed by atoms with Crippen LogP contribution in [0.1, 0.15) is 35.5 Å². The minimum absolute atomic E-state index is 0.0409. The standard InChI is InChI=1S/C24H28N4O3S/c1-32(30)21-9-7-20(8-10-21)23-26-27-24(31-23)22(29)25-14-11-18-12-15-28(16-13-18)17-19-5-3-2-4-6-19/h2-10,18H,11-17H2,1H3,(H,25,29). The minimum atomic E-state index is -1.05. The molecular formula is C24H28N4O3S. The Labute approximate surface area is 190 Å². The molecule has 1 unspecified atom stereocenters. The van der Waals surface area contributed by atoms with Crippen LogP contribution < -0.4 is 5.32 Å². The molecule has 1 aromatic heterocycles. The molecule has 4 rings (SSSR count). The maximum atomic E-state index is 12.4. The van der Waals surface area contributed by atoms with Gasteiger partial charge in [0.1, 0.15) is 0 Å². The summed E-state index contributed by atoms with van der Waals surface area (Å²) < 4.78 is 17.0. The fourth-order valence-corrected chi connectivity index (χ4v) is 4.48. The zero-order valence-electron chi connectivity index (χ0n) is 18.2. The van der Waals surface area contributed by atoms with Crippen LogP contribution in [-0.2, 0) is 17.3 Å². The van der Waals surface area contributed by atoms with Crippen molar-refractivity contribution in [1.29, 1.82) is 0 Å². The van der Waals surface area contributed by atoms with Crippen molar-refractivity contribution in [2.24, 2.45) is 5.92 Å². The van der Waals surface area contributed by atoms with E-state index in [9.17, 15) is 9.00 Å². The summed E-state index contributed by atoms with van der Waals surface area (Å²) in [6.45, 7) is 3.77. The van der Waals surface area contributed by atoms with Gasteiger partial charge in [-0.15, -0.1) is 10.2 Å². The van der Waals surface area contributed by atoms with E-state index in [0.29, 0.717) is 18.0 Å². The van der Waals surface area contributed by atoms with Crippen LogP contribution in [0.5, 0.6) is 0 Å². The number of hydrogen-bond donors (Lipinski definition) is 1. The van der Waals surface area contributed by atoms with Crippen LogP contribution in [0.3, 0.4) is 0 Å². The van der Waals surface area contributed by atoms with E-state index < -0.39 is 10.8 Å². The van der Waals surface area contributed by atoms with Crippen molar-refractivity contribution in [1.82, 2.24) is 20.4 Å². The van der Waals surface area contributed by atoms with Gasteiger partial charge in [-0.25, -0.2) is 0 Å². The maximum absolute atomic E-state index is 12.4. The molecule has 0 bridgehead atoms. The normalized spacial score (nSPS) is 16.0. The van der Waals surface area contributed by atoms with Gasteiger partial charge in [-0.1, -0.05) is 30.3 Å². The number of piperidine rings is 1. The van der Waals surface area contributed by atoms with Gasteiger partial charge in [-0.3, -0.25) is 13.9 Å². The summed E-state index contributed by atoms with van der Waals surface area (Å²) in [5, 5.41) is 10.7. The number of aromatic nitrogens is 2. The van der Waals surface area contributed by atoms with Crippen molar-refractivity contribution < 1.29 is 13.4 Å². The number of carbonyl (C=O) groups excluding carboxylic acids is 1. The SMILES string of the molecule is CS(=O)c1ccc(-c2nnc(C(=O)NCCC3CCN(Cc4ccccc4)CC3)o2)cc1. The first-order chi connectivity index (χ1) is 15.6. The maximum Gasteiger partial charge on any atom is 0.308 e. The Morgan fingerprint density at radius 3 is 2.50 bits per heavy atom.